The SMILES string of the molecule is CCOC(=O)Cn1c(C)c(/C=N\N(c2ccccc2)c2ccccc2)c2ccccc21. The molecule has 1 aromatic heterocycles. The van der Waals surface area contributed by atoms with Gasteiger partial charge in [0.2, 0.25) is 0 Å². The Hall–Kier alpha value is -3.86. The van der Waals surface area contributed by atoms with Crippen molar-refractivity contribution in [3.8, 4) is 0 Å². The fourth-order valence-electron chi connectivity index (χ4n) is 3.70. The zero-order valence-corrected chi connectivity index (χ0v) is 17.7. The molecule has 0 fully saturated rings. The fourth-order valence-corrected chi connectivity index (χ4v) is 3.70. The number of para-hydroxylation sites is 3. The van der Waals surface area contributed by atoms with Crippen LogP contribution in [-0.2, 0) is 16.1 Å². The zero-order chi connectivity index (χ0) is 21.6. The summed E-state index contributed by atoms with van der Waals surface area (Å²) in [6, 6.07) is 28.1. The van der Waals surface area contributed by atoms with E-state index in [4.69, 9.17) is 9.84 Å². The van der Waals surface area contributed by atoms with Crippen molar-refractivity contribution in [2.75, 3.05) is 11.6 Å². The molecule has 4 aromatic rings. The summed E-state index contributed by atoms with van der Waals surface area (Å²) in [5.74, 6) is -0.245. The third-order valence-corrected chi connectivity index (χ3v) is 5.18. The molecule has 0 atom stereocenters. The summed E-state index contributed by atoms with van der Waals surface area (Å²) in [7, 11) is 0. The highest BCUT2D eigenvalue weighted by atomic mass is 16.5. The second kappa shape index (κ2) is 9.30. The largest absolute Gasteiger partial charge is 0.465 e. The Morgan fingerprint density at radius 2 is 1.52 bits per heavy atom. The van der Waals surface area contributed by atoms with Crippen LogP contribution in [0.3, 0.4) is 0 Å². The maximum absolute atomic E-state index is 12.2. The number of ether oxygens (including phenoxy) is 1. The molecule has 4 rings (SSSR count). The minimum atomic E-state index is -0.245. The number of fused-ring (bicyclic) bond motifs is 1. The molecule has 0 saturated heterocycles. The van der Waals surface area contributed by atoms with Gasteiger partial charge in [0, 0.05) is 22.2 Å². The van der Waals surface area contributed by atoms with Crippen molar-refractivity contribution in [2.45, 2.75) is 20.4 Å². The van der Waals surface area contributed by atoms with Gasteiger partial charge >= 0.3 is 5.97 Å². The van der Waals surface area contributed by atoms with Gasteiger partial charge in [-0.25, -0.2) is 5.01 Å². The van der Waals surface area contributed by atoms with Crippen molar-refractivity contribution in [2.24, 2.45) is 5.10 Å². The normalized spacial score (nSPS) is 11.2. The van der Waals surface area contributed by atoms with Gasteiger partial charge in [0.25, 0.3) is 0 Å². The van der Waals surface area contributed by atoms with Crippen molar-refractivity contribution >= 4 is 34.5 Å². The third kappa shape index (κ3) is 4.36. The van der Waals surface area contributed by atoms with Gasteiger partial charge in [-0.2, -0.15) is 5.10 Å². The van der Waals surface area contributed by atoms with Crippen LogP contribution in [0.15, 0.2) is 90.0 Å². The zero-order valence-electron chi connectivity index (χ0n) is 17.7. The Morgan fingerprint density at radius 3 is 2.13 bits per heavy atom. The van der Waals surface area contributed by atoms with Crippen LogP contribution in [0.1, 0.15) is 18.2 Å². The molecule has 0 unspecified atom stereocenters. The highest BCUT2D eigenvalue weighted by Crippen LogP contribution is 2.28. The van der Waals surface area contributed by atoms with E-state index in [0.29, 0.717) is 6.61 Å². The summed E-state index contributed by atoms with van der Waals surface area (Å²) in [4.78, 5) is 12.2. The van der Waals surface area contributed by atoms with E-state index in [1.165, 1.54) is 0 Å². The number of anilines is 2. The number of nitrogens with zero attached hydrogens (tertiary/aromatic N) is 3. The highest BCUT2D eigenvalue weighted by Gasteiger charge is 2.16. The lowest BCUT2D eigenvalue weighted by atomic mass is 10.1. The first-order valence-electron chi connectivity index (χ1n) is 10.4. The first-order chi connectivity index (χ1) is 15.2. The molecule has 0 saturated carbocycles. The smallest absolute Gasteiger partial charge is 0.325 e. The number of esters is 1. The van der Waals surface area contributed by atoms with Crippen LogP contribution in [0.2, 0.25) is 0 Å². The molecule has 5 heteroatoms. The van der Waals surface area contributed by atoms with E-state index in [1.807, 2.05) is 109 Å². The molecular weight excluding hydrogens is 386 g/mol. The summed E-state index contributed by atoms with van der Waals surface area (Å²) in [5.41, 5.74) is 4.88. The summed E-state index contributed by atoms with van der Waals surface area (Å²) in [6.45, 7) is 4.37. The summed E-state index contributed by atoms with van der Waals surface area (Å²) in [6.07, 6.45) is 1.87. The molecule has 0 aliphatic heterocycles. The topological polar surface area (TPSA) is 46.8 Å². The maximum atomic E-state index is 12.2. The molecule has 31 heavy (non-hydrogen) atoms. The van der Waals surface area contributed by atoms with E-state index >= 15 is 0 Å². The van der Waals surface area contributed by atoms with E-state index in [9.17, 15) is 4.79 Å². The lowest BCUT2D eigenvalue weighted by Gasteiger charge is -2.19. The van der Waals surface area contributed by atoms with Crippen LogP contribution in [0, 0.1) is 6.92 Å². The minimum Gasteiger partial charge on any atom is -0.465 e. The number of benzene rings is 3. The second-order valence-electron chi connectivity index (χ2n) is 7.13. The van der Waals surface area contributed by atoms with Gasteiger partial charge in [0.15, 0.2) is 0 Å². The van der Waals surface area contributed by atoms with Crippen LogP contribution in [0.4, 0.5) is 11.4 Å². The van der Waals surface area contributed by atoms with Crippen LogP contribution < -0.4 is 5.01 Å². The lowest BCUT2D eigenvalue weighted by molar-refractivity contribution is -0.143. The van der Waals surface area contributed by atoms with Crippen molar-refractivity contribution in [1.29, 1.82) is 0 Å². The van der Waals surface area contributed by atoms with Gasteiger partial charge in [-0.3, -0.25) is 4.79 Å². The van der Waals surface area contributed by atoms with Crippen LogP contribution >= 0.6 is 0 Å². The molecule has 0 N–H and O–H groups in total. The molecule has 0 aliphatic carbocycles. The van der Waals surface area contributed by atoms with E-state index < -0.39 is 0 Å². The number of hydrogen-bond acceptors (Lipinski definition) is 4. The quantitative estimate of drug-likeness (QED) is 0.223. The van der Waals surface area contributed by atoms with E-state index in [2.05, 4.69) is 6.07 Å². The van der Waals surface area contributed by atoms with E-state index in [-0.39, 0.29) is 12.5 Å². The van der Waals surface area contributed by atoms with Crippen LogP contribution in [0.5, 0.6) is 0 Å². The van der Waals surface area contributed by atoms with E-state index in [0.717, 1.165) is 33.5 Å². The molecule has 0 radical (unpaired) electrons. The predicted octanol–water partition coefficient (Wildman–Crippen LogP) is 5.69. The Labute approximate surface area is 182 Å². The highest BCUT2D eigenvalue weighted by molar-refractivity contribution is 6.02. The van der Waals surface area contributed by atoms with Crippen molar-refractivity contribution in [1.82, 2.24) is 4.57 Å². The molecule has 1 heterocycles. The molecule has 0 bridgehead atoms. The van der Waals surface area contributed by atoms with Gasteiger partial charge in [-0.15, -0.1) is 0 Å². The first kappa shape index (κ1) is 20.4. The second-order valence-corrected chi connectivity index (χ2v) is 7.13. The average Bonchev–Trinajstić information content (AvgIpc) is 3.07. The van der Waals surface area contributed by atoms with E-state index in [1.54, 1.807) is 0 Å². The van der Waals surface area contributed by atoms with Crippen LogP contribution in [0.25, 0.3) is 10.9 Å². The first-order valence-corrected chi connectivity index (χ1v) is 10.4. The Balaban J connectivity index is 1.77. The van der Waals surface area contributed by atoms with Gasteiger partial charge in [0.1, 0.15) is 6.54 Å². The number of carbonyl (C=O) groups excluding carboxylic acids is 1. The number of rotatable bonds is 7. The Kier molecular flexibility index (Phi) is 6.13. The third-order valence-electron chi connectivity index (χ3n) is 5.18. The van der Waals surface area contributed by atoms with Gasteiger partial charge in [-0.05, 0) is 44.2 Å². The maximum Gasteiger partial charge on any atom is 0.325 e. The average molecular weight is 412 g/mol. The van der Waals surface area contributed by atoms with Gasteiger partial charge in [0.05, 0.1) is 24.2 Å². The predicted molar refractivity (Wildman–Crippen MR) is 126 cm³/mol. The summed E-state index contributed by atoms with van der Waals surface area (Å²) in [5, 5.41) is 7.82. The molecule has 156 valence electrons. The molecule has 0 aliphatic rings. The number of hydrazone groups is 1. The Morgan fingerprint density at radius 1 is 0.935 bits per heavy atom. The standard InChI is InChI=1S/C26H25N3O2/c1-3-31-26(30)19-28-20(2)24(23-16-10-11-17-25(23)28)18-27-29(21-12-6-4-7-13-21)22-14-8-5-9-15-22/h4-18H,3,19H2,1-2H3/b27-18-. The number of aromatic nitrogens is 1. The van der Waals surface area contributed by atoms with Gasteiger partial charge < -0.3 is 9.30 Å². The molecule has 0 amide bonds. The van der Waals surface area contributed by atoms with Crippen LogP contribution in [-0.4, -0.2) is 23.4 Å². The molecule has 3 aromatic carbocycles. The monoisotopic (exact) mass is 411 g/mol. The Bertz CT molecular complexity index is 1160. The summed E-state index contributed by atoms with van der Waals surface area (Å²) < 4.78 is 7.16. The van der Waals surface area contributed by atoms with Crippen molar-refractivity contribution in [3.05, 3.63) is 96.2 Å². The fraction of sp³-hybridized carbons (Fsp3) is 0.154. The lowest BCUT2D eigenvalue weighted by Crippen LogP contribution is -2.14. The van der Waals surface area contributed by atoms with Crippen molar-refractivity contribution in [3.63, 3.8) is 0 Å². The minimum absolute atomic E-state index is 0.176. The number of carbonyl (C=O) groups is 1. The van der Waals surface area contributed by atoms with Crippen molar-refractivity contribution < 1.29 is 9.53 Å². The summed E-state index contributed by atoms with van der Waals surface area (Å²) >= 11 is 0. The molecular formula is C26H25N3O2. The number of hydrogen-bond donors (Lipinski definition) is 0. The molecule has 0 spiro atoms. The van der Waals surface area contributed by atoms with Gasteiger partial charge in [-0.1, -0.05) is 54.6 Å². The molecule has 5 nitrogen and oxygen atoms in total.